The number of ketones is 1. The first-order valence-electron chi connectivity index (χ1n) is 7.65. The summed E-state index contributed by atoms with van der Waals surface area (Å²) in [6, 6.07) is 9.33. The number of ether oxygens (including phenoxy) is 1. The summed E-state index contributed by atoms with van der Waals surface area (Å²) in [6.07, 6.45) is 0. The summed E-state index contributed by atoms with van der Waals surface area (Å²) in [5.41, 5.74) is 0.288. The first kappa shape index (κ1) is 18.9. The van der Waals surface area contributed by atoms with Crippen LogP contribution in [0.1, 0.15) is 10.4 Å². The number of hydrogen-bond donors (Lipinski definition) is 0. The van der Waals surface area contributed by atoms with Crippen LogP contribution >= 0.6 is 23.2 Å². The van der Waals surface area contributed by atoms with E-state index >= 15 is 0 Å². The summed E-state index contributed by atoms with van der Waals surface area (Å²) >= 11 is 11.8. The normalized spacial score (nSPS) is 14.1. The lowest BCUT2D eigenvalue weighted by atomic mass is 10.1. The number of carbonyl (C=O) groups excluding carboxylic acids is 4. The maximum atomic E-state index is 12.6. The van der Waals surface area contributed by atoms with Crippen LogP contribution in [0.25, 0.3) is 0 Å². The van der Waals surface area contributed by atoms with E-state index in [-0.39, 0.29) is 16.3 Å². The summed E-state index contributed by atoms with van der Waals surface area (Å²) in [5.74, 6) is -2.20. The van der Waals surface area contributed by atoms with Gasteiger partial charge in [-0.3, -0.25) is 14.4 Å². The lowest BCUT2D eigenvalue weighted by Gasteiger charge is -2.15. The van der Waals surface area contributed by atoms with Crippen LogP contribution in [0.3, 0.4) is 0 Å². The average molecular weight is 407 g/mol. The van der Waals surface area contributed by atoms with Crippen molar-refractivity contribution in [3.05, 3.63) is 58.1 Å². The number of methoxy groups -OCH3 is 1. The Bertz CT molecular complexity index is 959. The van der Waals surface area contributed by atoms with E-state index in [9.17, 15) is 19.2 Å². The summed E-state index contributed by atoms with van der Waals surface area (Å²) in [4.78, 5) is 50.7. The molecule has 0 aliphatic carbocycles. The maximum absolute atomic E-state index is 12.6. The van der Waals surface area contributed by atoms with Crippen molar-refractivity contribution >= 4 is 52.5 Å². The van der Waals surface area contributed by atoms with E-state index in [1.54, 1.807) is 12.1 Å². The summed E-state index contributed by atoms with van der Waals surface area (Å²) in [7, 11) is 1.47. The van der Waals surface area contributed by atoms with Gasteiger partial charge in [0.15, 0.2) is 5.78 Å². The molecule has 7 nitrogen and oxygen atoms in total. The zero-order valence-corrected chi connectivity index (χ0v) is 15.5. The highest BCUT2D eigenvalue weighted by Gasteiger charge is 2.46. The molecule has 0 radical (unpaired) electrons. The Morgan fingerprint density at radius 1 is 1.00 bits per heavy atom. The number of rotatable bonds is 5. The molecule has 9 heteroatoms. The Balaban J connectivity index is 1.84. The molecule has 27 heavy (non-hydrogen) atoms. The van der Waals surface area contributed by atoms with Gasteiger partial charge in [0.05, 0.1) is 24.4 Å². The van der Waals surface area contributed by atoms with Gasteiger partial charge in [-0.1, -0.05) is 23.2 Å². The van der Waals surface area contributed by atoms with Gasteiger partial charge in [-0.15, -0.1) is 0 Å². The van der Waals surface area contributed by atoms with Crippen molar-refractivity contribution < 1.29 is 23.9 Å². The maximum Gasteiger partial charge on any atom is 0.339 e. The molecule has 0 atom stereocenters. The molecular formula is C18H12Cl2N2O5. The van der Waals surface area contributed by atoms with E-state index in [0.717, 1.165) is 0 Å². The average Bonchev–Trinajstić information content (AvgIpc) is 2.85. The largest absolute Gasteiger partial charge is 0.497 e. The highest BCUT2D eigenvalue weighted by molar-refractivity contribution is 6.53. The third-order valence-electron chi connectivity index (χ3n) is 3.92. The standard InChI is InChI=1S/C18H12Cl2N2O5/c1-27-12-5-3-11(4-6-12)22-17(25)16(24)21(18(22)26)9-15(23)13-7-2-10(19)8-14(13)20/h2-8H,9H2,1H3. The molecule has 1 fully saturated rings. The van der Waals surface area contributed by atoms with Crippen LogP contribution < -0.4 is 9.64 Å². The molecule has 4 amide bonds. The molecule has 0 unspecified atom stereocenters. The van der Waals surface area contributed by atoms with Gasteiger partial charge in [0, 0.05) is 10.6 Å². The van der Waals surface area contributed by atoms with Crippen molar-refractivity contribution in [1.82, 2.24) is 4.90 Å². The quantitative estimate of drug-likeness (QED) is 0.432. The molecule has 1 aliphatic heterocycles. The Morgan fingerprint density at radius 3 is 2.26 bits per heavy atom. The van der Waals surface area contributed by atoms with Crippen LogP contribution in [0.15, 0.2) is 42.5 Å². The molecule has 0 spiro atoms. The number of imide groups is 2. The van der Waals surface area contributed by atoms with Gasteiger partial charge in [0.1, 0.15) is 5.75 Å². The zero-order valence-electron chi connectivity index (χ0n) is 13.9. The zero-order chi connectivity index (χ0) is 19.7. The minimum Gasteiger partial charge on any atom is -0.497 e. The van der Waals surface area contributed by atoms with Crippen LogP contribution in [0.4, 0.5) is 10.5 Å². The molecule has 0 saturated carbocycles. The highest BCUT2D eigenvalue weighted by atomic mass is 35.5. The third-order valence-corrected chi connectivity index (χ3v) is 4.47. The third kappa shape index (κ3) is 3.51. The second-order valence-corrected chi connectivity index (χ2v) is 6.40. The van der Waals surface area contributed by atoms with Gasteiger partial charge >= 0.3 is 17.8 Å². The molecule has 3 rings (SSSR count). The predicted molar refractivity (Wildman–Crippen MR) is 98.4 cm³/mol. The van der Waals surface area contributed by atoms with Crippen molar-refractivity contribution in [3.8, 4) is 5.75 Å². The van der Waals surface area contributed by atoms with Gasteiger partial charge in [0.25, 0.3) is 0 Å². The van der Waals surface area contributed by atoms with Crippen LogP contribution in [0.2, 0.25) is 10.0 Å². The van der Waals surface area contributed by atoms with Crippen LogP contribution in [0, 0.1) is 0 Å². The Kier molecular flexibility index (Phi) is 5.16. The topological polar surface area (TPSA) is 84.0 Å². The van der Waals surface area contributed by atoms with Crippen molar-refractivity contribution in [2.45, 2.75) is 0 Å². The summed E-state index contributed by atoms with van der Waals surface area (Å²) in [5, 5.41) is 0.427. The van der Waals surface area contributed by atoms with Crippen LogP contribution in [0.5, 0.6) is 5.75 Å². The SMILES string of the molecule is COc1ccc(N2C(=O)C(=O)N(CC(=O)c3ccc(Cl)cc3Cl)C2=O)cc1. The predicted octanol–water partition coefficient (Wildman–Crippen LogP) is 3.18. The Labute approximate surface area is 164 Å². The number of urea groups is 1. The second kappa shape index (κ2) is 7.38. The number of anilines is 1. The molecule has 2 aromatic rings. The molecule has 1 aliphatic rings. The van der Waals surface area contributed by atoms with E-state index in [1.807, 2.05) is 0 Å². The molecular weight excluding hydrogens is 395 g/mol. The fourth-order valence-corrected chi connectivity index (χ4v) is 3.06. The van der Waals surface area contributed by atoms with Crippen molar-refractivity contribution in [2.24, 2.45) is 0 Å². The summed E-state index contributed by atoms with van der Waals surface area (Å²) < 4.78 is 5.02. The number of hydrogen-bond acceptors (Lipinski definition) is 5. The van der Waals surface area contributed by atoms with Crippen molar-refractivity contribution in [1.29, 1.82) is 0 Å². The fourth-order valence-electron chi connectivity index (χ4n) is 2.55. The number of Topliss-reactive ketones (excluding diaryl/α,β-unsaturated/α-hetero) is 1. The van der Waals surface area contributed by atoms with Gasteiger partial charge in [-0.05, 0) is 42.5 Å². The number of nitrogens with zero attached hydrogens (tertiary/aromatic N) is 2. The molecule has 1 heterocycles. The van der Waals surface area contributed by atoms with Gasteiger partial charge in [-0.2, -0.15) is 0 Å². The minimum absolute atomic E-state index is 0.0879. The number of amides is 4. The van der Waals surface area contributed by atoms with Crippen molar-refractivity contribution in [2.75, 3.05) is 18.6 Å². The second-order valence-electron chi connectivity index (χ2n) is 5.56. The van der Waals surface area contributed by atoms with Crippen molar-refractivity contribution in [3.63, 3.8) is 0 Å². The van der Waals surface area contributed by atoms with E-state index in [4.69, 9.17) is 27.9 Å². The van der Waals surface area contributed by atoms with E-state index in [0.29, 0.717) is 20.6 Å². The molecule has 138 valence electrons. The molecule has 0 bridgehead atoms. The lowest BCUT2D eigenvalue weighted by molar-refractivity contribution is -0.139. The molecule has 0 aromatic heterocycles. The number of benzene rings is 2. The molecule has 0 N–H and O–H groups in total. The molecule has 2 aromatic carbocycles. The molecule has 1 saturated heterocycles. The minimum atomic E-state index is -1.09. The van der Waals surface area contributed by atoms with Gasteiger partial charge in [-0.25, -0.2) is 14.6 Å². The smallest absolute Gasteiger partial charge is 0.339 e. The van der Waals surface area contributed by atoms with E-state index in [2.05, 4.69) is 0 Å². The van der Waals surface area contributed by atoms with Crippen LogP contribution in [-0.4, -0.2) is 42.2 Å². The Morgan fingerprint density at radius 2 is 1.67 bits per heavy atom. The highest BCUT2D eigenvalue weighted by Crippen LogP contribution is 2.26. The van der Waals surface area contributed by atoms with E-state index in [1.165, 1.54) is 37.4 Å². The number of carbonyl (C=O) groups is 4. The monoisotopic (exact) mass is 406 g/mol. The van der Waals surface area contributed by atoms with Gasteiger partial charge in [0.2, 0.25) is 0 Å². The Hall–Kier alpha value is -2.90. The summed E-state index contributed by atoms with van der Waals surface area (Å²) in [6.45, 7) is -0.614. The van der Waals surface area contributed by atoms with Crippen LogP contribution in [-0.2, 0) is 9.59 Å². The number of halogens is 2. The van der Waals surface area contributed by atoms with E-state index < -0.39 is 30.2 Å². The first-order chi connectivity index (χ1) is 12.8. The van der Waals surface area contributed by atoms with Gasteiger partial charge < -0.3 is 4.74 Å². The fraction of sp³-hybridized carbons (Fsp3) is 0.111. The lowest BCUT2D eigenvalue weighted by Crippen LogP contribution is -2.37. The first-order valence-corrected chi connectivity index (χ1v) is 8.41.